The highest BCUT2D eigenvalue weighted by molar-refractivity contribution is 7.99. The Kier molecular flexibility index (Phi) is 44.0. The van der Waals surface area contributed by atoms with Gasteiger partial charge in [0.2, 0.25) is 0 Å². The predicted molar refractivity (Wildman–Crippen MR) is 241 cm³/mol. The molecule has 0 aromatic heterocycles. The highest BCUT2D eigenvalue weighted by atomic mass is 32.2. The maximum Gasteiger partial charge on any atom is 0.508 e. The molecule has 0 saturated heterocycles. The molecule has 0 saturated carbocycles. The number of carbonyl (C=O) groups excluding carboxylic acids is 2. The third-order valence-corrected chi connectivity index (χ3v) is 11.8. The summed E-state index contributed by atoms with van der Waals surface area (Å²) in [6.07, 6.45) is 34.1. The Morgan fingerprint density at radius 2 is 0.893 bits per heavy atom. The molecule has 0 radical (unpaired) electrons. The Morgan fingerprint density at radius 3 is 1.41 bits per heavy atom. The van der Waals surface area contributed by atoms with Crippen LogP contribution in [-0.4, -0.2) is 97.3 Å². The number of rotatable bonds is 44. The molecule has 0 aromatic rings. The summed E-state index contributed by atoms with van der Waals surface area (Å²) in [4.78, 5) is 30.0. The number of hydrogen-bond acceptors (Lipinski definition) is 8. The molecule has 1 amide bonds. The first kappa shape index (κ1) is 54.8. The van der Waals surface area contributed by atoms with Gasteiger partial charge in [-0.05, 0) is 77.3 Å². The van der Waals surface area contributed by atoms with E-state index in [9.17, 15) is 14.7 Å². The Balaban J connectivity index is 4.39. The van der Waals surface area contributed by atoms with Crippen LogP contribution >= 0.6 is 11.8 Å². The van der Waals surface area contributed by atoms with Gasteiger partial charge in [-0.1, -0.05) is 156 Å². The first-order valence-corrected chi connectivity index (χ1v) is 25.3. The van der Waals surface area contributed by atoms with Crippen LogP contribution in [0, 0.1) is 0 Å². The van der Waals surface area contributed by atoms with E-state index in [4.69, 9.17) is 14.2 Å². The Bertz CT molecular complexity index is 822. The molecule has 1 atom stereocenters. The Hall–Kier alpha value is -1.19. The summed E-state index contributed by atoms with van der Waals surface area (Å²) in [6.45, 7) is 15.0. The zero-order chi connectivity index (χ0) is 41.0. The van der Waals surface area contributed by atoms with Crippen LogP contribution in [0.15, 0.2) is 0 Å². The van der Waals surface area contributed by atoms with E-state index in [0.29, 0.717) is 13.2 Å². The molecule has 0 fully saturated rings. The first-order chi connectivity index (χ1) is 27.5. The average Bonchev–Trinajstić information content (AvgIpc) is 3.20. The van der Waals surface area contributed by atoms with Gasteiger partial charge in [0, 0.05) is 31.1 Å². The zero-order valence-electron chi connectivity index (χ0n) is 37.7. The number of nitrogens with zero attached hydrogens (tertiary/aromatic N) is 2. The van der Waals surface area contributed by atoms with E-state index < -0.39 is 6.16 Å². The molecule has 1 N–H and O–H groups in total. The largest absolute Gasteiger partial charge is 0.508 e. The van der Waals surface area contributed by atoms with Crippen molar-refractivity contribution in [2.75, 3.05) is 64.1 Å². The molecule has 0 bridgehead atoms. The summed E-state index contributed by atoms with van der Waals surface area (Å²) in [6, 6.07) is 0. The second-order valence-corrected chi connectivity index (χ2v) is 17.4. The van der Waals surface area contributed by atoms with Crippen molar-refractivity contribution in [1.82, 2.24) is 9.80 Å². The van der Waals surface area contributed by atoms with Crippen molar-refractivity contribution in [3.05, 3.63) is 0 Å². The number of unbranched alkanes of at least 4 members (excludes halogenated alkanes) is 22. The van der Waals surface area contributed by atoms with Gasteiger partial charge < -0.3 is 29.1 Å². The normalized spacial score (nSPS) is 12.0. The molecule has 334 valence electrons. The van der Waals surface area contributed by atoms with Crippen molar-refractivity contribution in [3.63, 3.8) is 0 Å². The standard InChI is InChI=1S/C47H94N2O6S/c1-5-9-13-17-19-26-34-45(33-25-15-11-7-3)55-47(52)54-42-32-24-22-28-36-48(39-43-56-44-40-50)35-27-21-23-31-41-53-46(51)49(37-29-16-12-8-4)38-30-20-18-14-10-6-2/h45,50H,5-44H2,1-4H3. The number of thioether (sulfide) groups is 1. The molecular weight excluding hydrogens is 721 g/mol. The number of aliphatic hydroxyl groups is 1. The number of ether oxygens (including phenoxy) is 3. The lowest BCUT2D eigenvalue weighted by molar-refractivity contribution is 0.0154. The van der Waals surface area contributed by atoms with Gasteiger partial charge in [-0.3, -0.25) is 0 Å². The highest BCUT2D eigenvalue weighted by Crippen LogP contribution is 2.17. The minimum absolute atomic E-state index is 0.00927. The van der Waals surface area contributed by atoms with Crippen LogP contribution in [0.3, 0.4) is 0 Å². The summed E-state index contributed by atoms with van der Waals surface area (Å²) >= 11 is 1.82. The molecule has 0 aromatic carbocycles. The molecule has 56 heavy (non-hydrogen) atoms. The monoisotopic (exact) mass is 815 g/mol. The lowest BCUT2D eigenvalue weighted by Crippen LogP contribution is -2.33. The van der Waals surface area contributed by atoms with Crippen molar-refractivity contribution >= 4 is 24.0 Å². The van der Waals surface area contributed by atoms with Crippen molar-refractivity contribution in [2.24, 2.45) is 0 Å². The second-order valence-electron chi connectivity index (χ2n) is 16.2. The zero-order valence-corrected chi connectivity index (χ0v) is 38.5. The number of hydrogen-bond donors (Lipinski definition) is 1. The van der Waals surface area contributed by atoms with Crippen molar-refractivity contribution in [1.29, 1.82) is 0 Å². The van der Waals surface area contributed by atoms with Crippen LogP contribution in [0.25, 0.3) is 0 Å². The van der Waals surface area contributed by atoms with Crippen LogP contribution in [0.1, 0.15) is 220 Å². The first-order valence-electron chi connectivity index (χ1n) is 24.2. The fourth-order valence-corrected chi connectivity index (χ4v) is 7.89. The summed E-state index contributed by atoms with van der Waals surface area (Å²) in [5.74, 6) is 1.83. The van der Waals surface area contributed by atoms with Crippen LogP contribution < -0.4 is 0 Å². The average molecular weight is 815 g/mol. The lowest BCUT2D eigenvalue weighted by Gasteiger charge is -2.23. The smallest absolute Gasteiger partial charge is 0.449 e. The molecule has 9 heteroatoms. The minimum Gasteiger partial charge on any atom is -0.449 e. The predicted octanol–water partition coefficient (Wildman–Crippen LogP) is 13.8. The molecule has 0 aliphatic rings. The van der Waals surface area contributed by atoms with Crippen LogP contribution in [-0.2, 0) is 14.2 Å². The highest BCUT2D eigenvalue weighted by Gasteiger charge is 2.16. The molecular formula is C47H94N2O6S. The fourth-order valence-electron chi connectivity index (χ4n) is 7.17. The summed E-state index contributed by atoms with van der Waals surface area (Å²) in [7, 11) is 0. The van der Waals surface area contributed by atoms with Gasteiger partial charge in [-0.2, -0.15) is 11.8 Å². The van der Waals surface area contributed by atoms with E-state index in [2.05, 4.69) is 32.6 Å². The van der Waals surface area contributed by atoms with Gasteiger partial charge in [0.1, 0.15) is 6.10 Å². The van der Waals surface area contributed by atoms with Crippen molar-refractivity contribution in [3.8, 4) is 0 Å². The Morgan fingerprint density at radius 1 is 0.482 bits per heavy atom. The third kappa shape index (κ3) is 38.3. The van der Waals surface area contributed by atoms with E-state index in [-0.39, 0.29) is 18.8 Å². The Labute approximate surface area is 352 Å². The number of carbonyl (C=O) groups is 2. The van der Waals surface area contributed by atoms with Gasteiger partial charge in [0.15, 0.2) is 0 Å². The van der Waals surface area contributed by atoms with Gasteiger partial charge in [0.05, 0.1) is 19.8 Å². The van der Waals surface area contributed by atoms with Gasteiger partial charge in [0.25, 0.3) is 0 Å². The SMILES string of the molecule is CCCCCCCCC(CCCCCC)OC(=O)OCCCCCCN(CCCCCCOC(=O)N(CCCCCC)CCCCCCCC)CCSCCO. The summed E-state index contributed by atoms with van der Waals surface area (Å²) < 4.78 is 17.1. The maximum absolute atomic E-state index is 12.9. The van der Waals surface area contributed by atoms with Crippen LogP contribution in [0.5, 0.6) is 0 Å². The topological polar surface area (TPSA) is 88.5 Å². The van der Waals surface area contributed by atoms with E-state index in [1.807, 2.05) is 16.7 Å². The van der Waals surface area contributed by atoms with Crippen LogP contribution in [0.4, 0.5) is 9.59 Å². The van der Waals surface area contributed by atoms with Gasteiger partial charge >= 0.3 is 12.2 Å². The minimum atomic E-state index is -0.482. The molecule has 0 heterocycles. The van der Waals surface area contributed by atoms with E-state index >= 15 is 0 Å². The van der Waals surface area contributed by atoms with Gasteiger partial charge in [-0.15, -0.1) is 0 Å². The molecule has 0 aliphatic carbocycles. The van der Waals surface area contributed by atoms with Gasteiger partial charge in [-0.25, -0.2) is 9.59 Å². The van der Waals surface area contributed by atoms with Crippen molar-refractivity contribution < 1.29 is 28.9 Å². The van der Waals surface area contributed by atoms with Crippen LogP contribution in [0.2, 0.25) is 0 Å². The third-order valence-electron chi connectivity index (χ3n) is 10.8. The molecule has 1 unspecified atom stereocenters. The van der Waals surface area contributed by atoms with E-state index in [0.717, 1.165) is 134 Å². The quantitative estimate of drug-likeness (QED) is 0.0480. The molecule has 0 spiro atoms. The van der Waals surface area contributed by atoms with Crippen molar-refractivity contribution in [2.45, 2.75) is 226 Å². The molecule has 0 rings (SSSR count). The number of aliphatic hydroxyl groups excluding tert-OH is 1. The fraction of sp³-hybridized carbons (Fsp3) is 0.957. The lowest BCUT2D eigenvalue weighted by atomic mass is 10.0. The summed E-state index contributed by atoms with van der Waals surface area (Å²) in [5.41, 5.74) is 0. The van der Waals surface area contributed by atoms with E-state index in [1.165, 1.54) is 103 Å². The second kappa shape index (κ2) is 44.9. The van der Waals surface area contributed by atoms with E-state index in [1.54, 1.807) is 0 Å². The maximum atomic E-state index is 12.9. The molecule has 0 aliphatic heterocycles. The number of amides is 1. The summed E-state index contributed by atoms with van der Waals surface area (Å²) in [5, 5.41) is 9.21. The molecule has 8 nitrogen and oxygen atoms in total.